The summed E-state index contributed by atoms with van der Waals surface area (Å²) in [5.74, 6) is 0. The first kappa shape index (κ1) is 21.2. The molecule has 1 aromatic carbocycles. The molecule has 5 rings (SSSR count). The molecule has 9 heteroatoms. The predicted molar refractivity (Wildman–Crippen MR) is 127 cm³/mol. The summed E-state index contributed by atoms with van der Waals surface area (Å²) in [5, 5.41) is 0.818. The van der Waals surface area contributed by atoms with E-state index in [1.165, 1.54) is 15.6 Å². The molecule has 2 aliphatic heterocycles. The van der Waals surface area contributed by atoms with Gasteiger partial charge < -0.3 is 14.2 Å². The molecule has 32 heavy (non-hydrogen) atoms. The minimum atomic E-state index is -3.70. The van der Waals surface area contributed by atoms with Gasteiger partial charge in [-0.15, -0.1) is 0 Å². The lowest BCUT2D eigenvalue weighted by Crippen LogP contribution is -2.43. The molecule has 2 aliphatic rings. The van der Waals surface area contributed by atoms with Crippen molar-refractivity contribution < 1.29 is 13.2 Å². The van der Waals surface area contributed by atoms with Crippen molar-refractivity contribution in [2.75, 3.05) is 49.5 Å². The quantitative estimate of drug-likeness (QED) is 0.639. The van der Waals surface area contributed by atoms with Crippen LogP contribution in [0.2, 0.25) is 0 Å². The molecular formula is C23H29N5O3S. The topological polar surface area (TPSA) is 79.7 Å². The Morgan fingerprint density at radius 1 is 1.12 bits per heavy atom. The number of pyridine rings is 1. The smallest absolute Gasteiger partial charge is 0.301 e. The lowest BCUT2D eigenvalue weighted by Gasteiger charge is -2.26. The van der Waals surface area contributed by atoms with Gasteiger partial charge in [0, 0.05) is 56.4 Å². The number of fused-ring (bicyclic) bond motifs is 2. The van der Waals surface area contributed by atoms with Crippen LogP contribution in [0, 0.1) is 0 Å². The summed E-state index contributed by atoms with van der Waals surface area (Å²) in [6.07, 6.45) is 4.80. The number of nitrogens with zero attached hydrogens (tertiary/aromatic N) is 4. The predicted octanol–water partition coefficient (Wildman–Crippen LogP) is 3.27. The van der Waals surface area contributed by atoms with Crippen LogP contribution in [0.1, 0.15) is 25.5 Å². The van der Waals surface area contributed by atoms with Gasteiger partial charge in [-0.05, 0) is 43.5 Å². The zero-order chi connectivity index (χ0) is 22.5. The minimum Gasteiger partial charge on any atom is -0.379 e. The summed E-state index contributed by atoms with van der Waals surface area (Å²) < 4.78 is 37.9. The highest BCUT2D eigenvalue weighted by atomic mass is 32.2. The summed E-state index contributed by atoms with van der Waals surface area (Å²) >= 11 is 0. The number of hydrogen-bond acceptors (Lipinski definition) is 5. The zero-order valence-corrected chi connectivity index (χ0v) is 19.5. The van der Waals surface area contributed by atoms with E-state index in [0.29, 0.717) is 32.0 Å². The van der Waals surface area contributed by atoms with Gasteiger partial charge in [-0.1, -0.05) is 12.1 Å². The number of hydrogen-bond donors (Lipinski definition) is 1. The number of rotatable bonds is 5. The van der Waals surface area contributed by atoms with Gasteiger partial charge in [-0.25, -0.2) is 4.98 Å². The van der Waals surface area contributed by atoms with Crippen LogP contribution in [0.15, 0.2) is 36.7 Å². The third kappa shape index (κ3) is 3.64. The number of nitrogens with one attached hydrogen (secondary N) is 1. The van der Waals surface area contributed by atoms with E-state index in [1.807, 2.05) is 0 Å². The number of aromatic nitrogens is 2. The average Bonchev–Trinajstić information content (AvgIpc) is 3.36. The molecule has 2 aromatic heterocycles. The Morgan fingerprint density at radius 3 is 2.66 bits per heavy atom. The molecule has 0 radical (unpaired) electrons. The molecule has 4 heterocycles. The third-order valence-corrected chi connectivity index (χ3v) is 7.87. The fraction of sp³-hybridized carbons (Fsp3) is 0.435. The second-order valence-corrected chi connectivity index (χ2v) is 10.4. The number of likely N-dealkylation sites (N-methyl/N-ethyl adjacent to an activating group) is 1. The molecule has 3 aromatic rings. The number of benzene rings is 1. The fourth-order valence-corrected chi connectivity index (χ4v) is 5.78. The van der Waals surface area contributed by atoms with Crippen molar-refractivity contribution in [2.24, 2.45) is 0 Å². The van der Waals surface area contributed by atoms with Crippen LogP contribution in [-0.4, -0.2) is 62.2 Å². The van der Waals surface area contributed by atoms with E-state index in [4.69, 9.17) is 4.74 Å². The van der Waals surface area contributed by atoms with Crippen molar-refractivity contribution in [2.45, 2.75) is 26.3 Å². The summed E-state index contributed by atoms with van der Waals surface area (Å²) in [6, 6.07) is 8.44. The second kappa shape index (κ2) is 8.06. The molecule has 0 unspecified atom stereocenters. The Hall–Kier alpha value is -2.62. The summed E-state index contributed by atoms with van der Waals surface area (Å²) in [7, 11) is -1.59. The minimum absolute atomic E-state index is 0.182. The first-order chi connectivity index (χ1) is 15.3. The van der Waals surface area contributed by atoms with Gasteiger partial charge in [0.1, 0.15) is 5.65 Å². The van der Waals surface area contributed by atoms with E-state index in [9.17, 15) is 8.42 Å². The van der Waals surface area contributed by atoms with Crippen molar-refractivity contribution in [3.05, 3.63) is 42.2 Å². The van der Waals surface area contributed by atoms with Gasteiger partial charge in [0.05, 0.1) is 24.3 Å². The van der Waals surface area contributed by atoms with Crippen molar-refractivity contribution in [1.29, 1.82) is 0 Å². The maximum atomic E-state index is 13.1. The van der Waals surface area contributed by atoms with Gasteiger partial charge in [0.25, 0.3) is 0 Å². The van der Waals surface area contributed by atoms with Gasteiger partial charge in [-0.2, -0.15) is 12.7 Å². The molecular weight excluding hydrogens is 426 g/mol. The molecule has 1 fully saturated rings. The van der Waals surface area contributed by atoms with Gasteiger partial charge in [-0.3, -0.25) is 4.72 Å². The Labute approximate surface area is 189 Å². The lowest BCUT2D eigenvalue weighted by atomic mass is 10.0. The molecule has 0 spiro atoms. The molecule has 0 amide bonds. The van der Waals surface area contributed by atoms with Crippen LogP contribution in [-0.2, 0) is 21.4 Å². The third-order valence-electron chi connectivity index (χ3n) is 6.34. The molecule has 8 nitrogen and oxygen atoms in total. The summed E-state index contributed by atoms with van der Waals surface area (Å²) in [5.41, 5.74) is 5.92. The molecule has 0 atom stereocenters. The average molecular weight is 456 g/mol. The number of morpholine rings is 1. The first-order valence-corrected chi connectivity index (χ1v) is 12.5. The molecule has 1 saturated heterocycles. The number of ether oxygens (including phenoxy) is 1. The standard InChI is InChI=1S/C23H29N5O3S/c1-16(2)28-15-19(18-5-4-17-7-9-26(3)21(17)14-18)22-20(6-8-24-23(22)28)25-32(29,30)27-10-12-31-13-11-27/h4-6,8,14-16H,7,9-13H2,1-3H3,(H,24,25). The van der Waals surface area contributed by atoms with Gasteiger partial charge in [0.2, 0.25) is 0 Å². The van der Waals surface area contributed by atoms with Gasteiger partial charge in [0.15, 0.2) is 0 Å². The lowest BCUT2D eigenvalue weighted by molar-refractivity contribution is 0.0733. The highest BCUT2D eigenvalue weighted by Crippen LogP contribution is 2.39. The van der Waals surface area contributed by atoms with Crippen LogP contribution in [0.3, 0.4) is 0 Å². The van der Waals surface area contributed by atoms with E-state index >= 15 is 0 Å². The van der Waals surface area contributed by atoms with E-state index in [1.54, 1.807) is 12.3 Å². The Balaban J connectivity index is 1.65. The van der Waals surface area contributed by atoms with E-state index < -0.39 is 10.2 Å². The zero-order valence-electron chi connectivity index (χ0n) is 18.7. The van der Waals surface area contributed by atoms with Gasteiger partial charge >= 0.3 is 10.2 Å². The van der Waals surface area contributed by atoms with E-state index in [0.717, 1.165) is 35.1 Å². The molecule has 0 aliphatic carbocycles. The molecule has 0 saturated carbocycles. The van der Waals surface area contributed by atoms with Crippen LogP contribution >= 0.6 is 0 Å². The molecule has 170 valence electrons. The van der Waals surface area contributed by atoms with Crippen LogP contribution in [0.25, 0.3) is 22.2 Å². The fourth-order valence-electron chi connectivity index (χ4n) is 4.57. The summed E-state index contributed by atoms with van der Waals surface area (Å²) in [6.45, 7) is 6.73. The molecule has 1 N–H and O–H groups in total. The maximum absolute atomic E-state index is 13.1. The molecule has 0 bridgehead atoms. The van der Waals surface area contributed by atoms with E-state index in [-0.39, 0.29) is 6.04 Å². The van der Waals surface area contributed by atoms with Crippen LogP contribution < -0.4 is 9.62 Å². The highest BCUT2D eigenvalue weighted by molar-refractivity contribution is 7.90. The first-order valence-electron chi connectivity index (χ1n) is 11.0. The Bertz CT molecular complexity index is 1260. The van der Waals surface area contributed by atoms with Crippen LogP contribution in [0.4, 0.5) is 11.4 Å². The van der Waals surface area contributed by atoms with Crippen molar-refractivity contribution in [3.63, 3.8) is 0 Å². The largest absolute Gasteiger partial charge is 0.379 e. The highest BCUT2D eigenvalue weighted by Gasteiger charge is 2.27. The van der Waals surface area contributed by atoms with Crippen molar-refractivity contribution >= 4 is 32.6 Å². The normalized spacial score (nSPS) is 17.3. The monoisotopic (exact) mass is 455 g/mol. The van der Waals surface area contributed by atoms with Crippen LogP contribution in [0.5, 0.6) is 0 Å². The van der Waals surface area contributed by atoms with E-state index in [2.05, 4.69) is 64.5 Å². The second-order valence-electron chi connectivity index (χ2n) is 8.73. The number of anilines is 2. The Kier molecular flexibility index (Phi) is 5.35. The summed E-state index contributed by atoms with van der Waals surface area (Å²) in [4.78, 5) is 6.89. The Morgan fingerprint density at radius 2 is 1.91 bits per heavy atom. The SMILES string of the molecule is CC(C)n1cc(-c2ccc3c(c2)N(C)CC3)c2c(NS(=O)(=O)N3CCOCC3)ccnc21. The van der Waals surface area contributed by atoms with Crippen molar-refractivity contribution in [1.82, 2.24) is 13.9 Å². The maximum Gasteiger partial charge on any atom is 0.301 e. The van der Waals surface area contributed by atoms with Crippen molar-refractivity contribution in [3.8, 4) is 11.1 Å².